The van der Waals surface area contributed by atoms with Gasteiger partial charge in [-0.2, -0.15) is 13.2 Å². The zero-order valence-electron chi connectivity index (χ0n) is 11.6. The minimum Gasteiger partial charge on any atom is -0.490 e. The van der Waals surface area contributed by atoms with E-state index in [2.05, 4.69) is 4.74 Å². The largest absolute Gasteiger partial charge is 0.490 e. The van der Waals surface area contributed by atoms with Crippen molar-refractivity contribution in [1.29, 1.82) is 0 Å². The highest BCUT2D eigenvalue weighted by Crippen LogP contribution is 2.30. The second-order valence-electron chi connectivity index (χ2n) is 4.52. The van der Waals surface area contributed by atoms with E-state index in [9.17, 15) is 18.0 Å². The number of hydrogen-bond donors (Lipinski definition) is 0. The van der Waals surface area contributed by atoms with Gasteiger partial charge in [0.1, 0.15) is 13.2 Å². The molecule has 1 aliphatic heterocycles. The Morgan fingerprint density at radius 1 is 1.14 bits per heavy atom. The number of hydrogen-bond acceptors (Lipinski definition) is 5. The zero-order valence-corrected chi connectivity index (χ0v) is 11.6. The molecule has 0 bridgehead atoms. The molecule has 2 rings (SSSR count). The molecule has 0 amide bonds. The van der Waals surface area contributed by atoms with Crippen molar-refractivity contribution in [3.63, 3.8) is 0 Å². The minimum atomic E-state index is -4.39. The van der Waals surface area contributed by atoms with Gasteiger partial charge < -0.3 is 18.9 Å². The van der Waals surface area contributed by atoms with Gasteiger partial charge in [-0.1, -0.05) is 0 Å². The normalized spacial score (nSPS) is 14.3. The van der Waals surface area contributed by atoms with Crippen LogP contribution in [0.2, 0.25) is 0 Å². The Kier molecular flexibility index (Phi) is 5.48. The number of benzene rings is 1. The van der Waals surface area contributed by atoms with Crippen LogP contribution in [-0.4, -0.2) is 45.2 Å². The predicted molar refractivity (Wildman–Crippen MR) is 69.2 cm³/mol. The second kappa shape index (κ2) is 7.35. The van der Waals surface area contributed by atoms with Crippen LogP contribution in [0, 0.1) is 0 Å². The lowest BCUT2D eigenvalue weighted by molar-refractivity contribution is -0.175. The third-order valence-electron chi connectivity index (χ3n) is 2.71. The summed E-state index contributed by atoms with van der Waals surface area (Å²) < 4.78 is 55.6. The number of esters is 1. The van der Waals surface area contributed by atoms with E-state index in [0.29, 0.717) is 24.7 Å². The maximum absolute atomic E-state index is 11.8. The number of rotatable bonds is 5. The van der Waals surface area contributed by atoms with Gasteiger partial charge in [0.05, 0.1) is 25.4 Å². The number of ether oxygens (including phenoxy) is 4. The average molecular weight is 320 g/mol. The fourth-order valence-corrected chi connectivity index (χ4v) is 1.75. The fraction of sp³-hybridized carbons (Fsp3) is 0.500. The van der Waals surface area contributed by atoms with Crippen LogP contribution in [0.1, 0.15) is 16.8 Å². The molecule has 0 radical (unpaired) electrons. The number of halogens is 3. The molecule has 8 heteroatoms. The molecule has 1 heterocycles. The van der Waals surface area contributed by atoms with Crippen molar-refractivity contribution < 1.29 is 36.9 Å². The van der Waals surface area contributed by atoms with Gasteiger partial charge in [0.2, 0.25) is 0 Å². The molecule has 0 saturated heterocycles. The lowest BCUT2D eigenvalue weighted by Crippen LogP contribution is -2.19. The average Bonchev–Trinajstić information content (AvgIpc) is 2.69. The maximum Gasteiger partial charge on any atom is 0.411 e. The maximum atomic E-state index is 11.8. The summed E-state index contributed by atoms with van der Waals surface area (Å²) in [6.45, 7) is -0.933. The van der Waals surface area contributed by atoms with Gasteiger partial charge in [0.25, 0.3) is 0 Å². The van der Waals surface area contributed by atoms with Gasteiger partial charge in [-0.3, -0.25) is 0 Å². The van der Waals surface area contributed by atoms with Gasteiger partial charge in [-0.15, -0.1) is 0 Å². The molecule has 0 atom stereocenters. The van der Waals surface area contributed by atoms with Crippen LogP contribution in [0.25, 0.3) is 0 Å². The summed E-state index contributed by atoms with van der Waals surface area (Å²) in [6.07, 6.45) is -3.65. The Bertz CT molecular complexity index is 516. The molecule has 0 spiro atoms. The molecule has 1 aromatic rings. The molecule has 1 aliphatic rings. The Labute approximate surface area is 124 Å². The van der Waals surface area contributed by atoms with Crippen LogP contribution in [0.5, 0.6) is 11.5 Å². The van der Waals surface area contributed by atoms with Crippen LogP contribution in [0.3, 0.4) is 0 Å². The van der Waals surface area contributed by atoms with E-state index in [0.717, 1.165) is 6.42 Å². The number of alkyl halides is 3. The van der Waals surface area contributed by atoms with Gasteiger partial charge in [0.15, 0.2) is 11.5 Å². The third kappa shape index (κ3) is 5.10. The first-order chi connectivity index (χ1) is 10.5. The summed E-state index contributed by atoms with van der Waals surface area (Å²) in [5, 5.41) is 0. The first kappa shape index (κ1) is 16.4. The Morgan fingerprint density at radius 3 is 2.59 bits per heavy atom. The molecular weight excluding hydrogens is 305 g/mol. The van der Waals surface area contributed by atoms with Crippen LogP contribution in [-0.2, 0) is 9.47 Å². The van der Waals surface area contributed by atoms with Gasteiger partial charge in [-0.25, -0.2) is 4.79 Å². The Balaban J connectivity index is 1.81. The smallest absolute Gasteiger partial charge is 0.411 e. The molecule has 0 N–H and O–H groups in total. The molecule has 1 aromatic carbocycles. The monoisotopic (exact) mass is 320 g/mol. The first-order valence-corrected chi connectivity index (χ1v) is 6.67. The highest BCUT2D eigenvalue weighted by atomic mass is 19.4. The SMILES string of the molecule is O=C(OCCOCC(F)(F)F)c1ccc2c(c1)OCCCO2. The van der Waals surface area contributed by atoms with E-state index in [-0.39, 0.29) is 18.8 Å². The number of carbonyl (C=O) groups is 1. The predicted octanol–water partition coefficient (Wildman–Crippen LogP) is 2.58. The molecule has 5 nitrogen and oxygen atoms in total. The van der Waals surface area contributed by atoms with Crippen molar-refractivity contribution in [2.24, 2.45) is 0 Å². The van der Waals surface area contributed by atoms with Crippen molar-refractivity contribution >= 4 is 5.97 Å². The summed E-state index contributed by atoms with van der Waals surface area (Å²) in [7, 11) is 0. The van der Waals surface area contributed by atoms with Crippen molar-refractivity contribution in [3.05, 3.63) is 23.8 Å². The van der Waals surface area contributed by atoms with E-state index >= 15 is 0 Å². The topological polar surface area (TPSA) is 54.0 Å². The first-order valence-electron chi connectivity index (χ1n) is 6.67. The van der Waals surface area contributed by atoms with Gasteiger partial charge >= 0.3 is 12.1 Å². The van der Waals surface area contributed by atoms with Crippen LogP contribution >= 0.6 is 0 Å². The summed E-state index contributed by atoms with van der Waals surface area (Å²) in [5.41, 5.74) is 0.236. The van der Waals surface area contributed by atoms with Gasteiger partial charge in [-0.05, 0) is 18.2 Å². The quantitative estimate of drug-likeness (QED) is 0.616. The molecule has 0 fully saturated rings. The van der Waals surface area contributed by atoms with Crippen LogP contribution in [0.15, 0.2) is 18.2 Å². The minimum absolute atomic E-state index is 0.236. The Morgan fingerprint density at radius 2 is 1.86 bits per heavy atom. The van der Waals surface area contributed by atoms with Crippen molar-refractivity contribution in [1.82, 2.24) is 0 Å². The summed E-state index contributed by atoms with van der Waals surface area (Å²) in [6, 6.07) is 4.59. The highest BCUT2D eigenvalue weighted by Gasteiger charge is 2.27. The molecule has 122 valence electrons. The molecule has 22 heavy (non-hydrogen) atoms. The van der Waals surface area contributed by atoms with Crippen LogP contribution in [0.4, 0.5) is 13.2 Å². The van der Waals surface area contributed by atoms with E-state index in [4.69, 9.17) is 14.2 Å². The zero-order chi connectivity index (χ0) is 16.0. The highest BCUT2D eigenvalue weighted by molar-refractivity contribution is 5.90. The van der Waals surface area contributed by atoms with Crippen molar-refractivity contribution in [2.75, 3.05) is 33.0 Å². The molecular formula is C14H15F3O5. The fourth-order valence-electron chi connectivity index (χ4n) is 1.75. The third-order valence-corrected chi connectivity index (χ3v) is 2.71. The molecule has 0 aromatic heterocycles. The second-order valence-corrected chi connectivity index (χ2v) is 4.52. The number of carbonyl (C=O) groups excluding carboxylic acids is 1. The lowest BCUT2D eigenvalue weighted by Gasteiger charge is -2.10. The summed E-state index contributed by atoms with van der Waals surface area (Å²) in [4.78, 5) is 11.8. The summed E-state index contributed by atoms with van der Waals surface area (Å²) >= 11 is 0. The number of fused-ring (bicyclic) bond motifs is 1. The van der Waals surface area contributed by atoms with Crippen molar-refractivity contribution in [3.8, 4) is 11.5 Å². The van der Waals surface area contributed by atoms with E-state index < -0.39 is 18.8 Å². The van der Waals surface area contributed by atoms with E-state index in [1.807, 2.05) is 0 Å². The van der Waals surface area contributed by atoms with Gasteiger partial charge in [0, 0.05) is 6.42 Å². The molecule has 0 aliphatic carbocycles. The lowest BCUT2D eigenvalue weighted by atomic mass is 10.2. The molecule has 0 saturated carbocycles. The Hall–Kier alpha value is -1.96. The van der Waals surface area contributed by atoms with E-state index in [1.54, 1.807) is 6.07 Å². The van der Waals surface area contributed by atoms with Crippen molar-refractivity contribution in [2.45, 2.75) is 12.6 Å². The standard InChI is InChI=1S/C14H15F3O5/c15-14(16,17)9-19-6-7-22-13(18)10-2-3-11-12(8-10)21-5-1-4-20-11/h2-3,8H,1,4-7,9H2. The van der Waals surface area contributed by atoms with E-state index in [1.165, 1.54) is 12.1 Å². The molecule has 0 unspecified atom stereocenters. The van der Waals surface area contributed by atoms with Crippen LogP contribution < -0.4 is 9.47 Å². The summed E-state index contributed by atoms with van der Waals surface area (Å²) in [5.74, 6) is 0.328.